The minimum atomic E-state index is 0.847. The molecular formula is C14H21BrO. The number of alkyl halides is 1. The largest absolute Gasteiger partial charge is 0.493 e. The summed E-state index contributed by atoms with van der Waals surface area (Å²) in [4.78, 5) is 0. The van der Waals surface area contributed by atoms with E-state index in [-0.39, 0.29) is 0 Å². The third kappa shape index (κ3) is 5.02. The molecule has 0 aliphatic carbocycles. The minimum absolute atomic E-state index is 0.847. The average molecular weight is 285 g/mol. The highest BCUT2D eigenvalue weighted by Crippen LogP contribution is 2.18. The third-order valence-electron chi connectivity index (χ3n) is 2.64. The zero-order valence-electron chi connectivity index (χ0n) is 10.0. The second-order valence-corrected chi connectivity index (χ2v) is 4.71. The van der Waals surface area contributed by atoms with Crippen molar-refractivity contribution in [2.45, 2.75) is 39.0 Å². The summed E-state index contributed by atoms with van der Waals surface area (Å²) in [6.45, 7) is 3.01. The number of hydrogen-bond donors (Lipinski definition) is 0. The zero-order chi connectivity index (χ0) is 11.6. The molecule has 1 nitrogen and oxygen atoms in total. The molecule has 0 aromatic heterocycles. The summed E-state index contributed by atoms with van der Waals surface area (Å²) in [5.74, 6) is 1.06. The molecule has 16 heavy (non-hydrogen) atoms. The van der Waals surface area contributed by atoms with Crippen molar-refractivity contribution in [1.29, 1.82) is 0 Å². The molecule has 0 unspecified atom stereocenters. The Labute approximate surface area is 107 Å². The molecule has 0 bridgehead atoms. The summed E-state index contributed by atoms with van der Waals surface area (Å²) < 4.78 is 5.80. The van der Waals surface area contributed by atoms with Gasteiger partial charge in [-0.25, -0.2) is 0 Å². The Morgan fingerprint density at radius 3 is 2.56 bits per heavy atom. The van der Waals surface area contributed by atoms with Gasteiger partial charge in [0.15, 0.2) is 0 Å². The van der Waals surface area contributed by atoms with Crippen LogP contribution in [0.4, 0.5) is 0 Å². The van der Waals surface area contributed by atoms with Crippen LogP contribution in [0.15, 0.2) is 24.3 Å². The number of ether oxygens (including phenoxy) is 1. The molecule has 0 saturated carbocycles. The maximum atomic E-state index is 5.80. The molecule has 2 heteroatoms. The van der Waals surface area contributed by atoms with E-state index in [4.69, 9.17) is 4.74 Å². The summed E-state index contributed by atoms with van der Waals surface area (Å²) in [5, 5.41) is 1.12. The highest BCUT2D eigenvalue weighted by Gasteiger charge is 1.99. The molecule has 0 saturated heterocycles. The van der Waals surface area contributed by atoms with Gasteiger partial charge in [0.25, 0.3) is 0 Å². The first kappa shape index (κ1) is 13.6. The molecule has 0 atom stereocenters. The molecule has 0 heterocycles. The van der Waals surface area contributed by atoms with E-state index in [2.05, 4.69) is 41.1 Å². The van der Waals surface area contributed by atoms with Gasteiger partial charge in [-0.2, -0.15) is 0 Å². The molecule has 0 radical (unpaired) electrons. The van der Waals surface area contributed by atoms with Crippen molar-refractivity contribution in [3.05, 3.63) is 29.8 Å². The van der Waals surface area contributed by atoms with Crippen molar-refractivity contribution < 1.29 is 4.74 Å². The number of benzene rings is 1. The summed E-state index contributed by atoms with van der Waals surface area (Å²) in [6.07, 6.45) is 6.03. The summed E-state index contributed by atoms with van der Waals surface area (Å²) in [5.41, 5.74) is 1.31. The Kier molecular flexibility index (Phi) is 7.32. The third-order valence-corrected chi connectivity index (χ3v) is 3.20. The molecule has 0 aliphatic heterocycles. The zero-order valence-corrected chi connectivity index (χ0v) is 11.6. The Bertz CT molecular complexity index is 286. The monoisotopic (exact) mass is 284 g/mol. The van der Waals surface area contributed by atoms with E-state index in [1.165, 1.54) is 24.8 Å². The van der Waals surface area contributed by atoms with E-state index in [1.54, 1.807) is 0 Å². The quantitative estimate of drug-likeness (QED) is 0.501. The predicted octanol–water partition coefficient (Wildman–Crippen LogP) is 4.58. The maximum Gasteiger partial charge on any atom is 0.122 e. The van der Waals surface area contributed by atoms with Crippen LogP contribution in [0.1, 0.15) is 38.2 Å². The molecule has 0 amide bonds. The molecular weight excluding hydrogens is 264 g/mol. The van der Waals surface area contributed by atoms with Gasteiger partial charge >= 0.3 is 0 Å². The number of aryl methyl sites for hydroxylation is 1. The van der Waals surface area contributed by atoms with E-state index >= 15 is 0 Å². The fraction of sp³-hybridized carbons (Fsp3) is 0.571. The summed E-state index contributed by atoms with van der Waals surface area (Å²) >= 11 is 3.44. The molecule has 0 aliphatic rings. The number of para-hydroxylation sites is 1. The van der Waals surface area contributed by atoms with Crippen LogP contribution in [0.2, 0.25) is 0 Å². The van der Waals surface area contributed by atoms with E-state index in [0.717, 1.165) is 30.5 Å². The van der Waals surface area contributed by atoms with Crippen molar-refractivity contribution in [2.75, 3.05) is 11.9 Å². The predicted molar refractivity (Wildman–Crippen MR) is 73.6 cm³/mol. The van der Waals surface area contributed by atoms with Crippen LogP contribution in [0, 0.1) is 0 Å². The maximum absolute atomic E-state index is 5.80. The van der Waals surface area contributed by atoms with Gasteiger partial charge in [-0.15, -0.1) is 0 Å². The molecule has 0 spiro atoms. The fourth-order valence-corrected chi connectivity index (χ4v) is 2.07. The van der Waals surface area contributed by atoms with Crippen LogP contribution in [0.3, 0.4) is 0 Å². The first-order valence-electron chi connectivity index (χ1n) is 6.15. The Morgan fingerprint density at radius 2 is 1.81 bits per heavy atom. The highest BCUT2D eigenvalue weighted by molar-refractivity contribution is 9.09. The van der Waals surface area contributed by atoms with E-state index in [9.17, 15) is 0 Å². The highest BCUT2D eigenvalue weighted by atomic mass is 79.9. The normalized spacial score (nSPS) is 10.4. The smallest absolute Gasteiger partial charge is 0.122 e. The van der Waals surface area contributed by atoms with Crippen LogP contribution in [0.25, 0.3) is 0 Å². The SMILES string of the molecule is CCc1ccccc1OCCCCCCBr. The number of hydrogen-bond acceptors (Lipinski definition) is 1. The standard InChI is InChI=1S/C14H21BrO/c1-2-13-9-5-6-10-14(13)16-12-8-4-3-7-11-15/h5-6,9-10H,2-4,7-8,11-12H2,1H3. The van der Waals surface area contributed by atoms with Crippen molar-refractivity contribution in [3.8, 4) is 5.75 Å². The lowest BCUT2D eigenvalue weighted by Crippen LogP contribution is -1.99. The first-order chi connectivity index (χ1) is 7.88. The van der Waals surface area contributed by atoms with Gasteiger partial charge in [-0.3, -0.25) is 0 Å². The van der Waals surface area contributed by atoms with Gasteiger partial charge in [0.2, 0.25) is 0 Å². The Hall–Kier alpha value is -0.500. The molecule has 1 aromatic rings. The molecule has 90 valence electrons. The van der Waals surface area contributed by atoms with Gasteiger partial charge in [-0.05, 0) is 30.9 Å². The second-order valence-electron chi connectivity index (χ2n) is 3.91. The van der Waals surface area contributed by atoms with Crippen molar-refractivity contribution in [1.82, 2.24) is 0 Å². The number of rotatable bonds is 8. The minimum Gasteiger partial charge on any atom is -0.493 e. The van der Waals surface area contributed by atoms with Gasteiger partial charge in [0.1, 0.15) is 5.75 Å². The van der Waals surface area contributed by atoms with Crippen LogP contribution in [0.5, 0.6) is 5.75 Å². The Morgan fingerprint density at radius 1 is 1.06 bits per heavy atom. The van der Waals surface area contributed by atoms with Crippen LogP contribution in [-0.2, 0) is 6.42 Å². The van der Waals surface area contributed by atoms with Gasteiger partial charge in [-0.1, -0.05) is 53.9 Å². The Balaban J connectivity index is 2.21. The lowest BCUT2D eigenvalue weighted by Gasteiger charge is -2.09. The molecule has 0 fully saturated rings. The summed E-state index contributed by atoms with van der Waals surface area (Å²) in [6, 6.07) is 8.32. The number of halogens is 1. The van der Waals surface area contributed by atoms with E-state index in [1.807, 2.05) is 6.07 Å². The fourth-order valence-electron chi connectivity index (χ4n) is 1.67. The average Bonchev–Trinajstić information content (AvgIpc) is 2.34. The van der Waals surface area contributed by atoms with Crippen molar-refractivity contribution in [2.24, 2.45) is 0 Å². The molecule has 1 rings (SSSR count). The van der Waals surface area contributed by atoms with Crippen LogP contribution >= 0.6 is 15.9 Å². The second kappa shape index (κ2) is 8.63. The van der Waals surface area contributed by atoms with Crippen LogP contribution < -0.4 is 4.74 Å². The van der Waals surface area contributed by atoms with Crippen molar-refractivity contribution in [3.63, 3.8) is 0 Å². The lowest BCUT2D eigenvalue weighted by molar-refractivity contribution is 0.302. The van der Waals surface area contributed by atoms with Gasteiger partial charge in [0.05, 0.1) is 6.61 Å². The number of unbranched alkanes of at least 4 members (excludes halogenated alkanes) is 3. The topological polar surface area (TPSA) is 9.23 Å². The van der Waals surface area contributed by atoms with E-state index < -0.39 is 0 Å². The molecule has 0 N–H and O–H groups in total. The van der Waals surface area contributed by atoms with Crippen LogP contribution in [-0.4, -0.2) is 11.9 Å². The first-order valence-corrected chi connectivity index (χ1v) is 7.27. The summed E-state index contributed by atoms with van der Waals surface area (Å²) in [7, 11) is 0. The van der Waals surface area contributed by atoms with E-state index in [0.29, 0.717) is 0 Å². The molecule has 1 aromatic carbocycles. The lowest BCUT2D eigenvalue weighted by atomic mass is 10.1. The van der Waals surface area contributed by atoms with Gasteiger partial charge in [0, 0.05) is 5.33 Å². The van der Waals surface area contributed by atoms with Crippen molar-refractivity contribution >= 4 is 15.9 Å². The van der Waals surface area contributed by atoms with Gasteiger partial charge < -0.3 is 4.74 Å².